The summed E-state index contributed by atoms with van der Waals surface area (Å²) in [5, 5.41) is 2.76. The molecule has 2 amide bonds. The Morgan fingerprint density at radius 3 is 2.43 bits per heavy atom. The summed E-state index contributed by atoms with van der Waals surface area (Å²) in [7, 11) is 0. The van der Waals surface area contributed by atoms with E-state index in [0.29, 0.717) is 13.1 Å². The summed E-state index contributed by atoms with van der Waals surface area (Å²) in [5.74, 6) is -0.818. The van der Waals surface area contributed by atoms with Gasteiger partial charge in [-0.05, 0) is 18.4 Å². The standard InChI is InChI=1S/C18H23N3O2/c22-17(19-16-8-9-16)18(23)21-13-11-20(12-14-21)10-4-7-15-5-2-1-3-6-15/h1-7,16H,8-14H2,(H,19,22)/b7-4-. The molecule has 5 heteroatoms. The third-order valence-corrected chi connectivity index (χ3v) is 4.24. The Kier molecular flexibility index (Phi) is 5.08. The molecule has 5 nitrogen and oxygen atoms in total. The Labute approximate surface area is 137 Å². The number of carbonyl (C=O) groups is 2. The van der Waals surface area contributed by atoms with Crippen LogP contribution in [-0.4, -0.2) is 60.4 Å². The van der Waals surface area contributed by atoms with Crippen molar-refractivity contribution < 1.29 is 9.59 Å². The molecule has 1 N–H and O–H groups in total. The molecule has 122 valence electrons. The number of rotatable bonds is 4. The predicted molar refractivity (Wildman–Crippen MR) is 89.7 cm³/mol. The SMILES string of the molecule is O=C(NC1CC1)C(=O)N1CCN(C/C=C\c2ccccc2)CC1. The van der Waals surface area contributed by atoms with Gasteiger partial charge < -0.3 is 10.2 Å². The van der Waals surface area contributed by atoms with Gasteiger partial charge in [0.05, 0.1) is 0 Å². The lowest BCUT2D eigenvalue weighted by atomic mass is 10.2. The topological polar surface area (TPSA) is 52.7 Å². The van der Waals surface area contributed by atoms with E-state index in [1.807, 2.05) is 18.2 Å². The average Bonchev–Trinajstić information content (AvgIpc) is 3.40. The lowest BCUT2D eigenvalue weighted by Gasteiger charge is -2.33. The third kappa shape index (κ3) is 4.66. The molecule has 1 aromatic carbocycles. The van der Waals surface area contributed by atoms with Gasteiger partial charge in [-0.25, -0.2) is 0 Å². The van der Waals surface area contributed by atoms with Gasteiger partial charge >= 0.3 is 11.8 Å². The van der Waals surface area contributed by atoms with E-state index in [1.54, 1.807) is 4.90 Å². The third-order valence-electron chi connectivity index (χ3n) is 4.24. The summed E-state index contributed by atoms with van der Waals surface area (Å²) in [5.41, 5.74) is 1.19. The zero-order valence-electron chi connectivity index (χ0n) is 13.3. The molecule has 1 aliphatic carbocycles. The van der Waals surface area contributed by atoms with Crippen LogP contribution >= 0.6 is 0 Å². The number of nitrogens with one attached hydrogen (secondary N) is 1. The van der Waals surface area contributed by atoms with E-state index in [-0.39, 0.29) is 11.9 Å². The van der Waals surface area contributed by atoms with E-state index in [0.717, 1.165) is 32.5 Å². The molecule has 1 saturated carbocycles. The lowest BCUT2D eigenvalue weighted by molar-refractivity contribution is -0.147. The van der Waals surface area contributed by atoms with Crippen molar-refractivity contribution in [3.05, 3.63) is 42.0 Å². The first-order valence-corrected chi connectivity index (χ1v) is 8.26. The summed E-state index contributed by atoms with van der Waals surface area (Å²) in [6, 6.07) is 10.4. The summed E-state index contributed by atoms with van der Waals surface area (Å²) in [4.78, 5) is 27.8. The van der Waals surface area contributed by atoms with Crippen molar-refractivity contribution in [3.63, 3.8) is 0 Å². The van der Waals surface area contributed by atoms with Crippen LogP contribution in [0.15, 0.2) is 36.4 Å². The van der Waals surface area contributed by atoms with Gasteiger partial charge in [-0.1, -0.05) is 42.5 Å². The van der Waals surface area contributed by atoms with Gasteiger partial charge in [0.25, 0.3) is 0 Å². The Morgan fingerprint density at radius 1 is 1.09 bits per heavy atom. The molecule has 1 heterocycles. The summed E-state index contributed by atoms with van der Waals surface area (Å²) < 4.78 is 0. The summed E-state index contributed by atoms with van der Waals surface area (Å²) in [6.07, 6.45) is 6.26. The van der Waals surface area contributed by atoms with Gasteiger partial charge in [0, 0.05) is 38.8 Å². The van der Waals surface area contributed by atoms with Gasteiger partial charge in [0.1, 0.15) is 0 Å². The molecule has 2 fully saturated rings. The number of hydrogen-bond acceptors (Lipinski definition) is 3. The molecule has 23 heavy (non-hydrogen) atoms. The first kappa shape index (κ1) is 15.7. The van der Waals surface area contributed by atoms with Gasteiger partial charge in [-0.3, -0.25) is 14.5 Å². The highest BCUT2D eigenvalue weighted by molar-refractivity contribution is 6.35. The van der Waals surface area contributed by atoms with Crippen LogP contribution in [-0.2, 0) is 9.59 Å². The van der Waals surface area contributed by atoms with Gasteiger partial charge in [0.15, 0.2) is 0 Å². The van der Waals surface area contributed by atoms with Crippen LogP contribution in [0.4, 0.5) is 0 Å². The Hall–Kier alpha value is -2.14. The van der Waals surface area contributed by atoms with E-state index in [1.165, 1.54) is 5.56 Å². The fourth-order valence-corrected chi connectivity index (χ4v) is 2.65. The van der Waals surface area contributed by atoms with E-state index in [2.05, 4.69) is 34.5 Å². The van der Waals surface area contributed by atoms with Crippen LogP contribution < -0.4 is 5.32 Å². The lowest BCUT2D eigenvalue weighted by Crippen LogP contribution is -2.52. The van der Waals surface area contributed by atoms with E-state index in [9.17, 15) is 9.59 Å². The Balaban J connectivity index is 1.40. The van der Waals surface area contributed by atoms with Crippen LogP contribution in [0.3, 0.4) is 0 Å². The second-order valence-corrected chi connectivity index (χ2v) is 6.15. The van der Waals surface area contributed by atoms with Crippen LogP contribution in [0.25, 0.3) is 6.08 Å². The number of hydrogen-bond donors (Lipinski definition) is 1. The van der Waals surface area contributed by atoms with Gasteiger partial charge in [0.2, 0.25) is 0 Å². The molecule has 2 aliphatic rings. The molecule has 0 aromatic heterocycles. The average molecular weight is 313 g/mol. The number of amides is 2. The normalized spacial score (nSPS) is 19.0. The molecule has 0 radical (unpaired) electrons. The Bertz CT molecular complexity index is 573. The maximum Gasteiger partial charge on any atom is 0.311 e. The predicted octanol–water partition coefficient (Wildman–Crippen LogP) is 1.12. The van der Waals surface area contributed by atoms with Crippen molar-refractivity contribution in [1.82, 2.24) is 15.1 Å². The molecule has 1 aromatic rings. The first-order valence-electron chi connectivity index (χ1n) is 8.26. The first-order chi connectivity index (χ1) is 11.2. The van der Waals surface area contributed by atoms with Crippen molar-refractivity contribution in [1.29, 1.82) is 0 Å². The molecule has 1 aliphatic heterocycles. The number of piperazine rings is 1. The zero-order valence-corrected chi connectivity index (χ0v) is 13.3. The van der Waals surface area contributed by atoms with Gasteiger partial charge in [-0.15, -0.1) is 0 Å². The molecule has 0 unspecified atom stereocenters. The quantitative estimate of drug-likeness (QED) is 0.848. The van der Waals surface area contributed by atoms with E-state index >= 15 is 0 Å². The zero-order chi connectivity index (χ0) is 16.1. The fraction of sp³-hybridized carbons (Fsp3) is 0.444. The second-order valence-electron chi connectivity index (χ2n) is 6.15. The van der Waals surface area contributed by atoms with Gasteiger partial charge in [-0.2, -0.15) is 0 Å². The highest BCUT2D eigenvalue weighted by Crippen LogP contribution is 2.18. The maximum atomic E-state index is 12.0. The number of benzene rings is 1. The minimum Gasteiger partial charge on any atom is -0.345 e. The largest absolute Gasteiger partial charge is 0.345 e. The number of carbonyl (C=O) groups excluding carboxylic acids is 2. The molecule has 1 saturated heterocycles. The van der Waals surface area contributed by atoms with E-state index in [4.69, 9.17) is 0 Å². The Morgan fingerprint density at radius 2 is 1.78 bits per heavy atom. The molecule has 0 atom stereocenters. The van der Waals surface area contributed by atoms with Crippen molar-refractivity contribution in [3.8, 4) is 0 Å². The monoisotopic (exact) mass is 313 g/mol. The van der Waals surface area contributed by atoms with Crippen LogP contribution in [0.5, 0.6) is 0 Å². The smallest absolute Gasteiger partial charge is 0.311 e. The molecule has 0 spiro atoms. The highest BCUT2D eigenvalue weighted by atomic mass is 16.2. The minimum absolute atomic E-state index is 0.232. The van der Waals surface area contributed by atoms with Crippen molar-refractivity contribution >= 4 is 17.9 Å². The van der Waals surface area contributed by atoms with Crippen molar-refractivity contribution in [2.75, 3.05) is 32.7 Å². The van der Waals surface area contributed by atoms with Crippen LogP contribution in [0.2, 0.25) is 0 Å². The fourth-order valence-electron chi connectivity index (χ4n) is 2.65. The summed E-state index contributed by atoms with van der Waals surface area (Å²) >= 11 is 0. The minimum atomic E-state index is -0.440. The molecule has 3 rings (SSSR count). The van der Waals surface area contributed by atoms with Crippen LogP contribution in [0, 0.1) is 0 Å². The molecular formula is C18H23N3O2. The van der Waals surface area contributed by atoms with Crippen molar-refractivity contribution in [2.45, 2.75) is 18.9 Å². The highest BCUT2D eigenvalue weighted by Gasteiger charge is 2.30. The maximum absolute atomic E-state index is 12.0. The van der Waals surface area contributed by atoms with Crippen molar-refractivity contribution in [2.24, 2.45) is 0 Å². The second kappa shape index (κ2) is 7.42. The number of nitrogens with zero attached hydrogens (tertiary/aromatic N) is 2. The van der Waals surface area contributed by atoms with E-state index < -0.39 is 5.91 Å². The summed E-state index contributed by atoms with van der Waals surface area (Å²) in [6.45, 7) is 3.72. The molecule has 0 bridgehead atoms. The van der Waals surface area contributed by atoms with Crippen LogP contribution in [0.1, 0.15) is 18.4 Å². The molecular weight excluding hydrogens is 290 g/mol.